The SMILES string of the molecule is Cc1nc(-c2ccc(F)cn2)nc2c1CNCC2. The van der Waals surface area contributed by atoms with Gasteiger partial charge in [-0.15, -0.1) is 0 Å². The first-order chi connectivity index (χ1) is 8.74. The van der Waals surface area contributed by atoms with Crippen LogP contribution in [-0.2, 0) is 13.0 Å². The maximum atomic E-state index is 12.8. The van der Waals surface area contributed by atoms with Crippen LogP contribution in [0, 0.1) is 12.7 Å². The van der Waals surface area contributed by atoms with Crippen molar-refractivity contribution in [2.24, 2.45) is 0 Å². The zero-order valence-corrected chi connectivity index (χ0v) is 10.1. The number of fused-ring (bicyclic) bond motifs is 1. The molecule has 1 aliphatic rings. The minimum absolute atomic E-state index is 0.349. The molecule has 5 heteroatoms. The molecule has 3 heterocycles. The number of aromatic nitrogens is 3. The van der Waals surface area contributed by atoms with Crippen molar-refractivity contribution in [2.75, 3.05) is 6.54 Å². The average Bonchev–Trinajstić information content (AvgIpc) is 2.39. The van der Waals surface area contributed by atoms with Gasteiger partial charge in [-0.25, -0.2) is 19.3 Å². The summed E-state index contributed by atoms with van der Waals surface area (Å²) in [6.45, 7) is 3.72. The molecule has 0 bridgehead atoms. The van der Waals surface area contributed by atoms with Crippen LogP contribution in [0.3, 0.4) is 0 Å². The zero-order chi connectivity index (χ0) is 12.5. The molecule has 1 aliphatic heterocycles. The van der Waals surface area contributed by atoms with Gasteiger partial charge in [0.15, 0.2) is 5.82 Å². The summed E-state index contributed by atoms with van der Waals surface area (Å²) < 4.78 is 12.8. The van der Waals surface area contributed by atoms with E-state index in [1.807, 2.05) is 6.92 Å². The summed E-state index contributed by atoms with van der Waals surface area (Å²) in [4.78, 5) is 13.0. The largest absolute Gasteiger partial charge is 0.312 e. The Balaban J connectivity index is 2.08. The Labute approximate surface area is 104 Å². The normalized spacial score (nSPS) is 14.3. The van der Waals surface area contributed by atoms with Crippen LogP contribution < -0.4 is 5.32 Å². The second-order valence-corrected chi connectivity index (χ2v) is 4.35. The molecule has 3 rings (SSSR count). The smallest absolute Gasteiger partial charge is 0.178 e. The Kier molecular flexibility index (Phi) is 2.76. The van der Waals surface area contributed by atoms with E-state index in [-0.39, 0.29) is 5.82 Å². The molecule has 1 N–H and O–H groups in total. The fraction of sp³-hybridized carbons (Fsp3) is 0.308. The number of nitrogens with one attached hydrogen (secondary N) is 1. The highest BCUT2D eigenvalue weighted by Gasteiger charge is 2.16. The van der Waals surface area contributed by atoms with Crippen LogP contribution in [0.15, 0.2) is 18.3 Å². The predicted molar refractivity (Wildman–Crippen MR) is 65.4 cm³/mol. The van der Waals surface area contributed by atoms with Crippen LogP contribution in [0.2, 0.25) is 0 Å². The van der Waals surface area contributed by atoms with E-state index in [9.17, 15) is 4.39 Å². The van der Waals surface area contributed by atoms with Gasteiger partial charge in [0.1, 0.15) is 11.5 Å². The first kappa shape index (κ1) is 11.2. The maximum Gasteiger partial charge on any atom is 0.178 e. The average molecular weight is 244 g/mol. The molecule has 2 aromatic rings. The number of nitrogens with zero attached hydrogens (tertiary/aromatic N) is 3. The molecule has 0 amide bonds. The van der Waals surface area contributed by atoms with Crippen molar-refractivity contribution in [3.05, 3.63) is 41.1 Å². The number of halogens is 1. The van der Waals surface area contributed by atoms with Crippen LogP contribution in [0.5, 0.6) is 0 Å². The minimum atomic E-state index is -0.349. The van der Waals surface area contributed by atoms with Gasteiger partial charge in [-0.3, -0.25) is 0 Å². The third kappa shape index (κ3) is 1.97. The molecule has 0 aliphatic carbocycles. The third-order valence-corrected chi connectivity index (χ3v) is 3.10. The van der Waals surface area contributed by atoms with E-state index in [0.717, 1.165) is 30.9 Å². The highest BCUT2D eigenvalue weighted by atomic mass is 19.1. The van der Waals surface area contributed by atoms with Crippen molar-refractivity contribution in [3.63, 3.8) is 0 Å². The molecular formula is C13H13FN4. The highest BCUT2D eigenvalue weighted by molar-refractivity contribution is 5.50. The highest BCUT2D eigenvalue weighted by Crippen LogP contribution is 2.19. The molecule has 18 heavy (non-hydrogen) atoms. The van der Waals surface area contributed by atoms with E-state index >= 15 is 0 Å². The van der Waals surface area contributed by atoms with Crippen molar-refractivity contribution in [3.8, 4) is 11.5 Å². The molecule has 0 saturated carbocycles. The van der Waals surface area contributed by atoms with Gasteiger partial charge in [0.05, 0.1) is 11.9 Å². The Bertz CT molecular complexity index is 580. The molecule has 0 fully saturated rings. The molecule has 0 atom stereocenters. The van der Waals surface area contributed by atoms with Crippen LogP contribution in [-0.4, -0.2) is 21.5 Å². The van der Waals surface area contributed by atoms with E-state index in [2.05, 4.69) is 20.3 Å². The van der Waals surface area contributed by atoms with Gasteiger partial charge in [-0.2, -0.15) is 0 Å². The van der Waals surface area contributed by atoms with Gasteiger partial charge in [0, 0.05) is 30.8 Å². The summed E-state index contributed by atoms with van der Waals surface area (Å²) in [5.41, 5.74) is 3.82. The Morgan fingerprint density at radius 1 is 1.28 bits per heavy atom. The number of aryl methyl sites for hydroxylation is 1. The monoisotopic (exact) mass is 244 g/mol. The molecule has 0 radical (unpaired) electrons. The number of hydrogen-bond donors (Lipinski definition) is 1. The second-order valence-electron chi connectivity index (χ2n) is 4.35. The molecule has 0 unspecified atom stereocenters. The molecule has 0 aromatic carbocycles. The number of hydrogen-bond acceptors (Lipinski definition) is 4. The van der Waals surface area contributed by atoms with Crippen LogP contribution in [0.25, 0.3) is 11.5 Å². The van der Waals surface area contributed by atoms with E-state index in [1.165, 1.54) is 17.8 Å². The molecule has 4 nitrogen and oxygen atoms in total. The van der Waals surface area contributed by atoms with Crippen LogP contribution in [0.4, 0.5) is 4.39 Å². The predicted octanol–water partition coefficient (Wildman–Crippen LogP) is 1.63. The lowest BCUT2D eigenvalue weighted by molar-refractivity contribution is 0.619. The summed E-state index contributed by atoms with van der Waals surface area (Å²) in [7, 11) is 0. The zero-order valence-electron chi connectivity index (χ0n) is 10.1. The van der Waals surface area contributed by atoms with E-state index < -0.39 is 0 Å². The summed E-state index contributed by atoms with van der Waals surface area (Å²) in [5, 5.41) is 3.30. The standard InChI is InChI=1S/C13H13FN4/c1-8-10-7-15-5-4-11(10)18-13(17-8)12-3-2-9(14)6-16-12/h2-3,6,15H,4-5,7H2,1H3. The number of rotatable bonds is 1. The van der Waals surface area contributed by atoms with Gasteiger partial charge in [-0.1, -0.05) is 0 Å². The van der Waals surface area contributed by atoms with Gasteiger partial charge >= 0.3 is 0 Å². The lowest BCUT2D eigenvalue weighted by atomic mass is 10.1. The van der Waals surface area contributed by atoms with Crippen molar-refractivity contribution in [1.29, 1.82) is 0 Å². The minimum Gasteiger partial charge on any atom is -0.312 e. The van der Waals surface area contributed by atoms with Crippen molar-refractivity contribution >= 4 is 0 Å². The summed E-state index contributed by atoms with van der Waals surface area (Å²) in [5.74, 6) is 0.228. The molecule has 0 saturated heterocycles. The van der Waals surface area contributed by atoms with Gasteiger partial charge in [0.25, 0.3) is 0 Å². The first-order valence-electron chi connectivity index (χ1n) is 5.93. The fourth-order valence-corrected chi connectivity index (χ4v) is 2.14. The van der Waals surface area contributed by atoms with Crippen molar-refractivity contribution < 1.29 is 4.39 Å². The molecule has 2 aromatic heterocycles. The maximum absolute atomic E-state index is 12.8. The Morgan fingerprint density at radius 2 is 2.17 bits per heavy atom. The topological polar surface area (TPSA) is 50.7 Å². The summed E-state index contributed by atoms with van der Waals surface area (Å²) >= 11 is 0. The van der Waals surface area contributed by atoms with Gasteiger partial charge in [-0.05, 0) is 19.1 Å². The van der Waals surface area contributed by atoms with Crippen LogP contribution in [0.1, 0.15) is 17.0 Å². The molecule has 92 valence electrons. The fourth-order valence-electron chi connectivity index (χ4n) is 2.14. The molecular weight excluding hydrogens is 231 g/mol. The van der Waals surface area contributed by atoms with Crippen LogP contribution >= 0.6 is 0 Å². The lowest BCUT2D eigenvalue weighted by Crippen LogP contribution is -2.26. The molecule has 0 spiro atoms. The quantitative estimate of drug-likeness (QED) is 0.828. The first-order valence-corrected chi connectivity index (χ1v) is 5.93. The summed E-state index contributed by atoms with van der Waals surface area (Å²) in [6.07, 6.45) is 2.09. The van der Waals surface area contributed by atoms with E-state index in [1.54, 1.807) is 6.07 Å². The Hall–Kier alpha value is -1.88. The van der Waals surface area contributed by atoms with Crippen molar-refractivity contribution in [2.45, 2.75) is 19.9 Å². The second kappa shape index (κ2) is 4.42. The van der Waals surface area contributed by atoms with Gasteiger partial charge < -0.3 is 5.32 Å². The number of pyridine rings is 1. The van der Waals surface area contributed by atoms with E-state index in [4.69, 9.17) is 0 Å². The van der Waals surface area contributed by atoms with Gasteiger partial charge in [0.2, 0.25) is 0 Å². The lowest BCUT2D eigenvalue weighted by Gasteiger charge is -2.18. The summed E-state index contributed by atoms with van der Waals surface area (Å²) in [6, 6.07) is 2.99. The van der Waals surface area contributed by atoms with E-state index in [0.29, 0.717) is 11.5 Å². The van der Waals surface area contributed by atoms with Crippen molar-refractivity contribution in [1.82, 2.24) is 20.3 Å². The third-order valence-electron chi connectivity index (χ3n) is 3.10. The Morgan fingerprint density at radius 3 is 2.94 bits per heavy atom.